The number of carbonyl (C=O) groups excluding carboxylic acids is 1. The zero-order valence-corrected chi connectivity index (χ0v) is 14.3. The molecule has 0 fully saturated rings. The topological polar surface area (TPSA) is 77.8 Å². The van der Waals surface area contributed by atoms with E-state index in [9.17, 15) is 9.90 Å². The fraction of sp³-hybridized carbons (Fsp3) is 0.0625. The molecule has 0 unspecified atom stereocenters. The van der Waals surface area contributed by atoms with Gasteiger partial charge in [0.1, 0.15) is 0 Å². The molecule has 3 aromatic rings. The van der Waals surface area contributed by atoms with Crippen LogP contribution in [0.3, 0.4) is 0 Å². The lowest BCUT2D eigenvalue weighted by molar-refractivity contribution is 0.0995. The lowest BCUT2D eigenvalue weighted by Crippen LogP contribution is -1.92. The second-order valence-electron chi connectivity index (χ2n) is 4.93. The molecule has 2 N–H and O–H groups in total. The van der Waals surface area contributed by atoms with Crippen molar-refractivity contribution in [2.75, 3.05) is 0 Å². The van der Waals surface area contributed by atoms with Gasteiger partial charge in [-0.05, 0) is 48.9 Å². The van der Waals surface area contributed by atoms with Crippen LogP contribution in [0.1, 0.15) is 15.9 Å². The lowest BCUT2D eigenvalue weighted by atomic mass is 10.1. The third kappa shape index (κ3) is 3.00. The molecule has 116 valence electrons. The van der Waals surface area contributed by atoms with E-state index in [0.717, 1.165) is 10.0 Å². The van der Waals surface area contributed by atoms with Gasteiger partial charge >= 0.3 is 0 Å². The number of aromatic hydroxyl groups is 1. The summed E-state index contributed by atoms with van der Waals surface area (Å²) in [5, 5.41) is 18.8. The van der Waals surface area contributed by atoms with Crippen molar-refractivity contribution in [3.63, 3.8) is 0 Å². The van der Waals surface area contributed by atoms with Crippen molar-refractivity contribution in [1.29, 1.82) is 0 Å². The number of hydrogen-bond donors (Lipinski definition) is 2. The molecule has 5 nitrogen and oxygen atoms in total. The molecule has 0 atom stereocenters. The monoisotopic (exact) mass is 391 g/mol. The number of nitrogens with zero attached hydrogens (tertiary/aromatic N) is 2. The van der Waals surface area contributed by atoms with Crippen LogP contribution in [0.4, 0.5) is 5.69 Å². The molecule has 0 saturated heterocycles. The van der Waals surface area contributed by atoms with E-state index in [1.165, 1.54) is 0 Å². The SMILES string of the molecule is Cc1c(Cl)ccc2c(N=NC(=O)c3ccc(Br)cc3)c(O)[nH]c12. The Kier molecular flexibility index (Phi) is 4.19. The van der Waals surface area contributed by atoms with Gasteiger partial charge in [-0.3, -0.25) is 4.79 Å². The Balaban J connectivity index is 1.98. The Hall–Kier alpha value is -2.18. The number of rotatable bonds is 2. The summed E-state index contributed by atoms with van der Waals surface area (Å²) in [6, 6.07) is 10.2. The number of carbonyl (C=O) groups is 1. The van der Waals surface area contributed by atoms with E-state index < -0.39 is 5.91 Å². The maximum Gasteiger partial charge on any atom is 0.295 e. The molecule has 0 aliphatic heterocycles. The molecule has 2 aromatic carbocycles. The van der Waals surface area contributed by atoms with Crippen molar-refractivity contribution in [3.8, 4) is 5.88 Å². The highest BCUT2D eigenvalue weighted by Crippen LogP contribution is 2.38. The van der Waals surface area contributed by atoms with E-state index in [2.05, 4.69) is 31.1 Å². The Morgan fingerprint density at radius 2 is 1.91 bits per heavy atom. The number of benzene rings is 2. The van der Waals surface area contributed by atoms with Crippen LogP contribution in [-0.4, -0.2) is 16.0 Å². The van der Waals surface area contributed by atoms with Crippen molar-refractivity contribution >= 4 is 50.0 Å². The average Bonchev–Trinajstić information content (AvgIpc) is 2.86. The van der Waals surface area contributed by atoms with Gasteiger partial charge in [-0.1, -0.05) is 27.5 Å². The molecule has 3 rings (SSSR count). The summed E-state index contributed by atoms with van der Waals surface area (Å²) in [7, 11) is 0. The number of H-pyrrole nitrogens is 1. The smallest absolute Gasteiger partial charge is 0.295 e. The van der Waals surface area contributed by atoms with E-state index in [1.54, 1.807) is 36.4 Å². The number of aryl methyl sites for hydroxylation is 1. The fourth-order valence-electron chi connectivity index (χ4n) is 2.20. The minimum absolute atomic E-state index is 0.155. The maximum atomic E-state index is 12.0. The van der Waals surface area contributed by atoms with E-state index in [0.29, 0.717) is 21.5 Å². The van der Waals surface area contributed by atoms with Crippen molar-refractivity contribution in [2.45, 2.75) is 6.92 Å². The van der Waals surface area contributed by atoms with E-state index in [4.69, 9.17) is 11.6 Å². The van der Waals surface area contributed by atoms with Gasteiger partial charge in [-0.25, -0.2) is 0 Å². The molecule has 0 bridgehead atoms. The van der Waals surface area contributed by atoms with Crippen LogP contribution in [0.15, 0.2) is 51.1 Å². The first kappa shape index (κ1) is 15.7. The Morgan fingerprint density at radius 3 is 2.61 bits per heavy atom. The van der Waals surface area contributed by atoms with Crippen LogP contribution < -0.4 is 0 Å². The second kappa shape index (κ2) is 6.14. The molecule has 0 spiro atoms. The Labute approximate surface area is 145 Å². The highest BCUT2D eigenvalue weighted by Gasteiger charge is 2.14. The molecular formula is C16H11BrClN3O2. The minimum Gasteiger partial charge on any atom is -0.493 e. The van der Waals surface area contributed by atoms with Gasteiger partial charge in [0.15, 0.2) is 5.69 Å². The summed E-state index contributed by atoms with van der Waals surface area (Å²) in [6.07, 6.45) is 0. The zero-order chi connectivity index (χ0) is 16.6. The summed E-state index contributed by atoms with van der Waals surface area (Å²) in [5.74, 6) is -0.644. The summed E-state index contributed by atoms with van der Waals surface area (Å²) < 4.78 is 0.868. The molecule has 0 aliphatic rings. The van der Waals surface area contributed by atoms with Gasteiger partial charge in [0, 0.05) is 20.4 Å². The lowest BCUT2D eigenvalue weighted by Gasteiger charge is -1.98. The summed E-state index contributed by atoms with van der Waals surface area (Å²) in [4.78, 5) is 14.8. The molecule has 1 aromatic heterocycles. The number of amides is 1. The molecule has 7 heteroatoms. The predicted molar refractivity (Wildman–Crippen MR) is 92.7 cm³/mol. The van der Waals surface area contributed by atoms with Crippen LogP contribution in [0.25, 0.3) is 10.9 Å². The van der Waals surface area contributed by atoms with Crippen LogP contribution in [0.5, 0.6) is 5.88 Å². The van der Waals surface area contributed by atoms with E-state index in [-0.39, 0.29) is 11.6 Å². The first-order valence-electron chi connectivity index (χ1n) is 6.68. The third-order valence-corrected chi connectivity index (χ3v) is 4.39. The van der Waals surface area contributed by atoms with Gasteiger partial charge in [0.2, 0.25) is 5.88 Å². The quantitative estimate of drug-likeness (QED) is 0.563. The summed E-state index contributed by atoms with van der Waals surface area (Å²) in [6.45, 7) is 1.83. The Morgan fingerprint density at radius 1 is 1.22 bits per heavy atom. The van der Waals surface area contributed by atoms with Crippen LogP contribution in [-0.2, 0) is 0 Å². The van der Waals surface area contributed by atoms with Gasteiger partial charge in [0.05, 0.1) is 5.52 Å². The first-order chi connectivity index (χ1) is 11.0. The standard InChI is InChI=1S/C16H11BrClN3O2/c1-8-12(18)7-6-11-13(8)19-16(23)14(11)20-21-15(22)9-2-4-10(17)5-3-9/h2-7,19,23H,1H3. The number of aromatic amines is 1. The molecule has 23 heavy (non-hydrogen) atoms. The van der Waals surface area contributed by atoms with Gasteiger partial charge in [0.25, 0.3) is 5.91 Å². The largest absolute Gasteiger partial charge is 0.493 e. The van der Waals surface area contributed by atoms with Crippen LogP contribution in [0, 0.1) is 6.92 Å². The molecular weight excluding hydrogens is 382 g/mol. The number of hydrogen-bond acceptors (Lipinski definition) is 3. The maximum absolute atomic E-state index is 12.0. The molecule has 0 radical (unpaired) electrons. The van der Waals surface area contributed by atoms with Crippen molar-refractivity contribution in [2.24, 2.45) is 10.2 Å². The first-order valence-corrected chi connectivity index (χ1v) is 7.86. The third-order valence-electron chi connectivity index (χ3n) is 3.45. The summed E-state index contributed by atoms with van der Waals surface area (Å²) in [5.41, 5.74) is 2.08. The van der Waals surface area contributed by atoms with Gasteiger partial charge in [-0.15, -0.1) is 10.2 Å². The highest BCUT2D eigenvalue weighted by atomic mass is 79.9. The van der Waals surface area contributed by atoms with Crippen LogP contribution >= 0.6 is 27.5 Å². The predicted octanol–water partition coefficient (Wildman–Crippen LogP) is 5.52. The molecule has 0 saturated carbocycles. The number of halogens is 2. The second-order valence-corrected chi connectivity index (χ2v) is 6.25. The number of aromatic nitrogens is 1. The summed E-state index contributed by atoms with van der Waals surface area (Å²) >= 11 is 9.36. The fourth-order valence-corrected chi connectivity index (χ4v) is 2.62. The number of fused-ring (bicyclic) bond motifs is 1. The molecule has 1 amide bonds. The Bertz CT molecular complexity index is 933. The number of azo groups is 1. The van der Waals surface area contributed by atoms with Crippen molar-refractivity contribution in [1.82, 2.24) is 4.98 Å². The van der Waals surface area contributed by atoms with Crippen LogP contribution in [0.2, 0.25) is 5.02 Å². The molecule has 0 aliphatic carbocycles. The normalized spacial score (nSPS) is 11.4. The van der Waals surface area contributed by atoms with Crippen molar-refractivity contribution in [3.05, 3.63) is 57.0 Å². The molecule has 1 heterocycles. The van der Waals surface area contributed by atoms with E-state index in [1.807, 2.05) is 6.92 Å². The van der Waals surface area contributed by atoms with Crippen molar-refractivity contribution < 1.29 is 9.90 Å². The van der Waals surface area contributed by atoms with Gasteiger partial charge < -0.3 is 10.1 Å². The van der Waals surface area contributed by atoms with E-state index >= 15 is 0 Å². The average molecular weight is 393 g/mol. The minimum atomic E-state index is -0.489. The number of nitrogens with one attached hydrogen (secondary N) is 1. The highest BCUT2D eigenvalue weighted by molar-refractivity contribution is 9.10. The zero-order valence-electron chi connectivity index (χ0n) is 12.0. The van der Waals surface area contributed by atoms with Gasteiger partial charge in [-0.2, -0.15) is 0 Å².